The van der Waals surface area contributed by atoms with Gasteiger partial charge in [0.15, 0.2) is 4.96 Å². The average molecular weight is 308 g/mol. The molecule has 0 aliphatic heterocycles. The van der Waals surface area contributed by atoms with Gasteiger partial charge in [0, 0.05) is 35.8 Å². The molecule has 0 amide bonds. The van der Waals surface area contributed by atoms with Gasteiger partial charge in [-0.1, -0.05) is 27.7 Å². The molecule has 0 spiro atoms. The highest BCUT2D eigenvalue weighted by molar-refractivity contribution is 7.15. The summed E-state index contributed by atoms with van der Waals surface area (Å²) in [7, 11) is 0. The second-order valence-corrected chi connectivity index (χ2v) is 6.49. The number of likely N-dealkylation sites (N-methyl/N-ethyl adjacent to an activating group) is 1. The molecule has 5 heteroatoms. The van der Waals surface area contributed by atoms with E-state index in [1.165, 1.54) is 0 Å². The van der Waals surface area contributed by atoms with E-state index in [0.717, 1.165) is 43.0 Å². The molecule has 0 aromatic carbocycles. The zero-order valence-corrected chi connectivity index (χ0v) is 14.5. The molecule has 1 unspecified atom stereocenters. The van der Waals surface area contributed by atoms with Crippen LogP contribution in [-0.4, -0.2) is 39.0 Å². The first-order valence-electron chi connectivity index (χ1n) is 8.02. The van der Waals surface area contributed by atoms with E-state index in [1.807, 2.05) is 0 Å². The minimum absolute atomic E-state index is 0.0700. The Labute approximate surface area is 132 Å². The first-order chi connectivity index (χ1) is 10.1. The summed E-state index contributed by atoms with van der Waals surface area (Å²) < 4.78 is 2.09. The van der Waals surface area contributed by atoms with E-state index >= 15 is 0 Å². The maximum Gasteiger partial charge on any atom is 0.193 e. The highest BCUT2D eigenvalue weighted by Gasteiger charge is 2.38. The molecular weight excluding hydrogens is 280 g/mol. The molecule has 0 saturated heterocycles. The smallest absolute Gasteiger partial charge is 0.193 e. The van der Waals surface area contributed by atoms with Gasteiger partial charge in [0.1, 0.15) is 0 Å². The molecule has 2 aromatic rings. The normalized spacial score (nSPS) is 14.2. The van der Waals surface area contributed by atoms with Crippen LogP contribution in [-0.2, 0) is 6.42 Å². The predicted molar refractivity (Wildman–Crippen MR) is 91.0 cm³/mol. The molecule has 2 N–H and O–H groups in total. The Bertz CT molecular complexity index is 523. The molecule has 4 nitrogen and oxygen atoms in total. The Balaban J connectivity index is 2.21. The van der Waals surface area contributed by atoms with Gasteiger partial charge in [-0.25, -0.2) is 4.98 Å². The largest absolute Gasteiger partial charge is 0.326 e. The number of rotatable bonds is 8. The second kappa shape index (κ2) is 6.90. The quantitative estimate of drug-likeness (QED) is 0.815. The van der Waals surface area contributed by atoms with Gasteiger partial charge in [0.05, 0.1) is 5.69 Å². The highest BCUT2D eigenvalue weighted by Crippen LogP contribution is 2.29. The van der Waals surface area contributed by atoms with Crippen LogP contribution in [0.15, 0.2) is 17.8 Å². The van der Waals surface area contributed by atoms with Crippen molar-refractivity contribution in [3.63, 3.8) is 0 Å². The van der Waals surface area contributed by atoms with Crippen LogP contribution < -0.4 is 5.73 Å². The first kappa shape index (κ1) is 16.5. The van der Waals surface area contributed by atoms with Crippen molar-refractivity contribution < 1.29 is 0 Å². The Morgan fingerprint density at radius 2 is 1.95 bits per heavy atom. The van der Waals surface area contributed by atoms with E-state index in [0.29, 0.717) is 0 Å². The van der Waals surface area contributed by atoms with Crippen LogP contribution in [0.3, 0.4) is 0 Å². The third-order valence-corrected chi connectivity index (χ3v) is 5.65. The predicted octanol–water partition coefficient (Wildman–Crippen LogP) is 3.17. The lowest BCUT2D eigenvalue weighted by Gasteiger charge is -2.46. The third-order valence-electron chi connectivity index (χ3n) is 4.88. The molecule has 21 heavy (non-hydrogen) atoms. The number of imidazole rings is 1. The fraction of sp³-hybridized carbons (Fsp3) is 0.688. The SMILES string of the molecule is CCN(CC)C(CC)(CC)C(N)Cc1cn2ccsc2n1. The van der Waals surface area contributed by atoms with Crippen molar-refractivity contribution in [2.45, 2.75) is 58.5 Å². The summed E-state index contributed by atoms with van der Waals surface area (Å²) in [5.74, 6) is 0. The second-order valence-electron chi connectivity index (χ2n) is 5.62. The molecule has 0 bridgehead atoms. The van der Waals surface area contributed by atoms with Gasteiger partial charge in [-0.2, -0.15) is 0 Å². The molecule has 0 fully saturated rings. The molecule has 2 heterocycles. The third kappa shape index (κ3) is 3.00. The van der Waals surface area contributed by atoms with Crippen molar-refractivity contribution in [2.75, 3.05) is 13.1 Å². The van der Waals surface area contributed by atoms with Crippen LogP contribution in [0.1, 0.15) is 46.2 Å². The lowest BCUT2D eigenvalue weighted by atomic mass is 9.81. The van der Waals surface area contributed by atoms with Gasteiger partial charge in [-0.05, 0) is 25.9 Å². The monoisotopic (exact) mass is 308 g/mol. The Hall–Kier alpha value is -0.910. The zero-order valence-electron chi connectivity index (χ0n) is 13.7. The summed E-state index contributed by atoms with van der Waals surface area (Å²) in [6.07, 6.45) is 7.17. The zero-order chi connectivity index (χ0) is 15.5. The summed E-state index contributed by atoms with van der Waals surface area (Å²) in [5, 5.41) is 2.06. The molecule has 0 radical (unpaired) electrons. The molecule has 118 valence electrons. The van der Waals surface area contributed by atoms with Gasteiger partial charge in [-0.3, -0.25) is 9.30 Å². The molecule has 0 aliphatic carbocycles. The molecule has 2 aromatic heterocycles. The molecule has 2 rings (SSSR count). The lowest BCUT2D eigenvalue weighted by Crippen LogP contribution is -2.60. The summed E-state index contributed by atoms with van der Waals surface area (Å²) in [6, 6.07) is 0.108. The van der Waals surface area contributed by atoms with E-state index < -0.39 is 0 Å². The van der Waals surface area contributed by atoms with Crippen LogP contribution in [0.4, 0.5) is 0 Å². The van der Waals surface area contributed by atoms with Crippen LogP contribution in [0.25, 0.3) is 4.96 Å². The topological polar surface area (TPSA) is 46.6 Å². The summed E-state index contributed by atoms with van der Waals surface area (Å²) in [4.78, 5) is 8.27. The average Bonchev–Trinajstić information content (AvgIpc) is 3.05. The van der Waals surface area contributed by atoms with E-state index in [9.17, 15) is 0 Å². The standard InChI is InChI=1S/C16H28N4S/c1-5-16(6-2,20(7-3)8-4)14(17)11-13-12-19-9-10-21-15(19)18-13/h9-10,12,14H,5-8,11,17H2,1-4H3. The van der Waals surface area contributed by atoms with E-state index in [2.05, 4.69) is 59.8 Å². The van der Waals surface area contributed by atoms with Crippen molar-refractivity contribution in [3.8, 4) is 0 Å². The van der Waals surface area contributed by atoms with Crippen molar-refractivity contribution in [1.29, 1.82) is 0 Å². The number of hydrogen-bond donors (Lipinski definition) is 1. The highest BCUT2D eigenvalue weighted by atomic mass is 32.1. The lowest BCUT2D eigenvalue weighted by molar-refractivity contribution is 0.0626. The van der Waals surface area contributed by atoms with Gasteiger partial charge < -0.3 is 5.73 Å². The van der Waals surface area contributed by atoms with Gasteiger partial charge in [0.25, 0.3) is 0 Å². The van der Waals surface area contributed by atoms with E-state index in [-0.39, 0.29) is 11.6 Å². The number of thiazole rings is 1. The Morgan fingerprint density at radius 3 is 2.48 bits per heavy atom. The molecule has 0 aliphatic rings. The fourth-order valence-electron chi connectivity index (χ4n) is 3.60. The van der Waals surface area contributed by atoms with Crippen LogP contribution >= 0.6 is 11.3 Å². The first-order valence-corrected chi connectivity index (χ1v) is 8.90. The van der Waals surface area contributed by atoms with Gasteiger partial charge >= 0.3 is 0 Å². The molecule has 0 saturated carbocycles. The summed E-state index contributed by atoms with van der Waals surface area (Å²) in [6.45, 7) is 11.1. The minimum Gasteiger partial charge on any atom is -0.326 e. The van der Waals surface area contributed by atoms with Crippen LogP contribution in [0.5, 0.6) is 0 Å². The number of nitrogens with zero attached hydrogens (tertiary/aromatic N) is 3. The molecular formula is C16H28N4S. The van der Waals surface area contributed by atoms with Crippen molar-refractivity contribution in [1.82, 2.24) is 14.3 Å². The number of nitrogens with two attached hydrogens (primary N) is 1. The number of aromatic nitrogens is 2. The van der Waals surface area contributed by atoms with Crippen molar-refractivity contribution in [3.05, 3.63) is 23.5 Å². The fourth-order valence-corrected chi connectivity index (χ4v) is 4.32. The van der Waals surface area contributed by atoms with Gasteiger partial charge in [0.2, 0.25) is 0 Å². The van der Waals surface area contributed by atoms with Crippen molar-refractivity contribution >= 4 is 16.3 Å². The summed E-state index contributed by atoms with van der Waals surface area (Å²) in [5.41, 5.74) is 7.84. The number of hydrogen-bond acceptors (Lipinski definition) is 4. The van der Waals surface area contributed by atoms with Gasteiger partial charge in [-0.15, -0.1) is 11.3 Å². The Morgan fingerprint density at radius 1 is 1.29 bits per heavy atom. The Kier molecular flexibility index (Phi) is 5.41. The number of fused-ring (bicyclic) bond motifs is 1. The maximum absolute atomic E-state index is 6.66. The van der Waals surface area contributed by atoms with Crippen molar-refractivity contribution in [2.24, 2.45) is 5.73 Å². The van der Waals surface area contributed by atoms with E-state index in [1.54, 1.807) is 11.3 Å². The van der Waals surface area contributed by atoms with E-state index in [4.69, 9.17) is 5.73 Å². The minimum atomic E-state index is 0.0700. The molecule has 1 atom stereocenters. The van der Waals surface area contributed by atoms with Crippen LogP contribution in [0.2, 0.25) is 0 Å². The summed E-state index contributed by atoms with van der Waals surface area (Å²) >= 11 is 1.67. The van der Waals surface area contributed by atoms with Crippen LogP contribution in [0, 0.1) is 0 Å². The maximum atomic E-state index is 6.66.